The van der Waals surface area contributed by atoms with Crippen LogP contribution in [-0.4, -0.2) is 23.9 Å². The summed E-state index contributed by atoms with van der Waals surface area (Å²) >= 11 is 12.5. The number of hydrogen-bond acceptors (Lipinski definition) is 5. The molecule has 33 heavy (non-hydrogen) atoms. The van der Waals surface area contributed by atoms with E-state index in [9.17, 15) is 14.7 Å². The van der Waals surface area contributed by atoms with Gasteiger partial charge in [-0.3, -0.25) is 14.5 Å². The van der Waals surface area contributed by atoms with E-state index < -0.39 is 23.5 Å². The molecule has 170 valence electrons. The predicted molar refractivity (Wildman–Crippen MR) is 127 cm³/mol. The van der Waals surface area contributed by atoms with Crippen LogP contribution < -0.4 is 9.64 Å². The van der Waals surface area contributed by atoms with Gasteiger partial charge in [0.15, 0.2) is 5.75 Å². The molecule has 1 amide bonds. The van der Waals surface area contributed by atoms with Gasteiger partial charge in [-0.15, -0.1) is 0 Å². The fourth-order valence-corrected chi connectivity index (χ4v) is 4.53. The van der Waals surface area contributed by atoms with E-state index in [4.69, 9.17) is 32.4 Å². The molecule has 1 fully saturated rings. The summed E-state index contributed by atoms with van der Waals surface area (Å²) in [5.41, 5.74) is 2.58. The van der Waals surface area contributed by atoms with E-state index in [0.29, 0.717) is 17.2 Å². The smallest absolute Gasteiger partial charge is 0.300 e. The average molecular weight is 486 g/mol. The number of aliphatic hydroxyl groups excluding tert-OH is 1. The lowest BCUT2D eigenvalue weighted by Gasteiger charge is -2.24. The van der Waals surface area contributed by atoms with E-state index in [1.165, 1.54) is 24.1 Å². The fraction of sp³-hybridized carbons (Fsp3) is 0.200. The van der Waals surface area contributed by atoms with Crippen molar-refractivity contribution in [2.75, 3.05) is 12.0 Å². The highest BCUT2D eigenvalue weighted by Gasteiger charge is 2.48. The summed E-state index contributed by atoms with van der Waals surface area (Å²) in [6.45, 7) is 5.63. The summed E-state index contributed by atoms with van der Waals surface area (Å²) in [5.74, 6) is -0.838. The molecule has 0 radical (unpaired) electrons. The van der Waals surface area contributed by atoms with Crippen molar-refractivity contribution in [3.63, 3.8) is 0 Å². The zero-order chi connectivity index (χ0) is 24.0. The zero-order valence-electron chi connectivity index (χ0n) is 18.4. The Morgan fingerprint density at radius 2 is 1.67 bits per heavy atom. The Labute approximate surface area is 201 Å². The molecule has 1 N–H and O–H groups in total. The minimum absolute atomic E-state index is 0.120. The number of benzene rings is 2. The van der Waals surface area contributed by atoms with E-state index >= 15 is 0 Å². The number of methoxy groups -OCH3 is 1. The van der Waals surface area contributed by atoms with Gasteiger partial charge in [0.05, 0.1) is 22.7 Å². The monoisotopic (exact) mass is 485 g/mol. The standard InChI is InChI=1S/C25H21Cl2NO5/c1-12-5-7-16(9-13(12)2)28-21(19-8-6-14(3)33-19)20(23(30)25(28)31)22(29)15-10-17(26)24(32-4)18(27)11-15/h5-11,21,29H,1-4H3/b22-20-. The predicted octanol–water partition coefficient (Wildman–Crippen LogP) is 6.15. The normalized spacial score (nSPS) is 17.6. The van der Waals surface area contributed by atoms with Gasteiger partial charge >= 0.3 is 0 Å². The summed E-state index contributed by atoms with van der Waals surface area (Å²) in [4.78, 5) is 27.7. The van der Waals surface area contributed by atoms with Gasteiger partial charge in [0.25, 0.3) is 11.7 Å². The van der Waals surface area contributed by atoms with Crippen LogP contribution in [0.4, 0.5) is 5.69 Å². The van der Waals surface area contributed by atoms with Crippen LogP contribution in [-0.2, 0) is 9.59 Å². The maximum absolute atomic E-state index is 13.2. The Kier molecular flexibility index (Phi) is 5.99. The molecule has 2 heterocycles. The third kappa shape index (κ3) is 3.90. The van der Waals surface area contributed by atoms with Crippen LogP contribution in [0, 0.1) is 20.8 Å². The molecule has 0 spiro atoms. The van der Waals surface area contributed by atoms with Crippen molar-refractivity contribution in [1.29, 1.82) is 0 Å². The van der Waals surface area contributed by atoms with E-state index in [2.05, 4.69) is 0 Å². The molecule has 0 saturated carbocycles. The van der Waals surface area contributed by atoms with Gasteiger partial charge in [-0.2, -0.15) is 0 Å². The first kappa shape index (κ1) is 23.0. The largest absolute Gasteiger partial charge is 0.507 e. The highest BCUT2D eigenvalue weighted by molar-refractivity contribution is 6.51. The maximum Gasteiger partial charge on any atom is 0.300 e. The number of ether oxygens (including phenoxy) is 1. The summed E-state index contributed by atoms with van der Waals surface area (Å²) in [6.07, 6.45) is 0. The molecule has 0 bridgehead atoms. The second-order valence-corrected chi connectivity index (χ2v) is 8.67. The van der Waals surface area contributed by atoms with Crippen molar-refractivity contribution in [3.05, 3.63) is 86.3 Å². The lowest BCUT2D eigenvalue weighted by Crippen LogP contribution is -2.29. The molecule has 4 rings (SSSR count). The van der Waals surface area contributed by atoms with E-state index in [0.717, 1.165) is 11.1 Å². The topological polar surface area (TPSA) is 80.0 Å². The number of aliphatic hydroxyl groups is 1. The number of furan rings is 1. The summed E-state index contributed by atoms with van der Waals surface area (Å²) in [5, 5.41) is 11.5. The van der Waals surface area contributed by atoms with E-state index in [1.54, 1.807) is 25.1 Å². The van der Waals surface area contributed by atoms with Crippen LogP contribution in [0.15, 0.2) is 52.5 Å². The first-order valence-corrected chi connectivity index (χ1v) is 10.9. The minimum atomic E-state index is -0.972. The third-order valence-corrected chi connectivity index (χ3v) is 6.28. The molecular formula is C25H21Cl2NO5. The fourth-order valence-electron chi connectivity index (χ4n) is 3.89. The number of nitrogens with zero attached hydrogens (tertiary/aromatic N) is 1. The number of aryl methyl sites for hydroxylation is 3. The van der Waals surface area contributed by atoms with E-state index in [1.807, 2.05) is 26.0 Å². The highest BCUT2D eigenvalue weighted by atomic mass is 35.5. The SMILES string of the molecule is COc1c(Cl)cc(/C(O)=C2/C(=O)C(=O)N(c3ccc(C)c(C)c3)C2c2ccc(C)o2)cc1Cl. The van der Waals surface area contributed by atoms with Gasteiger partial charge in [-0.25, -0.2) is 0 Å². The first-order chi connectivity index (χ1) is 15.6. The van der Waals surface area contributed by atoms with Gasteiger partial charge in [-0.1, -0.05) is 29.3 Å². The van der Waals surface area contributed by atoms with Gasteiger partial charge in [-0.05, 0) is 68.3 Å². The molecule has 1 aliphatic heterocycles. The van der Waals surface area contributed by atoms with Crippen molar-refractivity contribution in [3.8, 4) is 5.75 Å². The molecule has 1 saturated heterocycles. The molecule has 6 nitrogen and oxygen atoms in total. The highest BCUT2D eigenvalue weighted by Crippen LogP contribution is 2.44. The first-order valence-electron chi connectivity index (χ1n) is 10.1. The van der Waals surface area contributed by atoms with Crippen LogP contribution in [0.1, 0.15) is 34.3 Å². The zero-order valence-corrected chi connectivity index (χ0v) is 19.9. The lowest BCUT2D eigenvalue weighted by atomic mass is 9.99. The summed E-state index contributed by atoms with van der Waals surface area (Å²) in [7, 11) is 1.42. The number of carbonyl (C=O) groups excluding carboxylic acids is 2. The minimum Gasteiger partial charge on any atom is -0.507 e. The van der Waals surface area contributed by atoms with Crippen LogP contribution in [0.3, 0.4) is 0 Å². The second-order valence-electron chi connectivity index (χ2n) is 7.86. The van der Waals surface area contributed by atoms with Crippen LogP contribution in [0.2, 0.25) is 10.0 Å². The van der Waals surface area contributed by atoms with Crippen molar-refractivity contribution in [1.82, 2.24) is 0 Å². The molecular weight excluding hydrogens is 465 g/mol. The Hall–Kier alpha value is -3.22. The molecule has 1 atom stereocenters. The molecule has 2 aromatic carbocycles. The molecule has 1 unspecified atom stereocenters. The van der Waals surface area contributed by atoms with Crippen LogP contribution >= 0.6 is 23.2 Å². The number of hydrogen-bond donors (Lipinski definition) is 1. The number of ketones is 1. The number of carbonyl (C=O) groups is 2. The van der Waals surface area contributed by atoms with Crippen molar-refractivity contribution < 1.29 is 23.8 Å². The number of halogens is 2. The average Bonchev–Trinajstić information content (AvgIpc) is 3.30. The van der Waals surface area contributed by atoms with Gasteiger partial charge in [0.1, 0.15) is 23.3 Å². The number of Topliss-reactive ketones (excluding diaryl/α,β-unsaturated/α-hetero) is 1. The Morgan fingerprint density at radius 1 is 1.00 bits per heavy atom. The second kappa shape index (κ2) is 8.61. The van der Waals surface area contributed by atoms with Gasteiger partial charge in [0, 0.05) is 11.3 Å². The Balaban J connectivity index is 1.95. The molecule has 0 aliphatic carbocycles. The maximum atomic E-state index is 13.2. The Bertz CT molecular complexity index is 1300. The lowest BCUT2D eigenvalue weighted by molar-refractivity contribution is -0.132. The molecule has 3 aromatic rings. The van der Waals surface area contributed by atoms with Crippen molar-refractivity contribution in [2.24, 2.45) is 0 Å². The van der Waals surface area contributed by atoms with Crippen molar-refractivity contribution in [2.45, 2.75) is 26.8 Å². The van der Waals surface area contributed by atoms with Gasteiger partial charge < -0.3 is 14.3 Å². The van der Waals surface area contributed by atoms with Crippen LogP contribution in [0.5, 0.6) is 5.75 Å². The summed E-state index contributed by atoms with van der Waals surface area (Å²) < 4.78 is 11.0. The number of anilines is 1. The molecule has 1 aromatic heterocycles. The van der Waals surface area contributed by atoms with E-state index in [-0.39, 0.29) is 26.9 Å². The van der Waals surface area contributed by atoms with Crippen LogP contribution in [0.25, 0.3) is 5.76 Å². The Morgan fingerprint density at radius 3 is 2.21 bits per heavy atom. The summed E-state index contributed by atoms with van der Waals surface area (Å²) in [6, 6.07) is 10.8. The number of amides is 1. The number of rotatable bonds is 4. The van der Waals surface area contributed by atoms with Gasteiger partial charge in [0.2, 0.25) is 0 Å². The molecule has 1 aliphatic rings. The quantitative estimate of drug-likeness (QED) is 0.272. The third-order valence-electron chi connectivity index (χ3n) is 5.72. The molecule has 8 heteroatoms. The van der Waals surface area contributed by atoms with Crippen molar-refractivity contribution >= 4 is 46.3 Å².